The van der Waals surface area contributed by atoms with Crippen molar-refractivity contribution < 1.29 is 4.79 Å². The van der Waals surface area contributed by atoms with E-state index in [1.807, 2.05) is 0 Å². The zero-order valence-corrected chi connectivity index (χ0v) is 10.2. The average molecular weight is 270 g/mol. The van der Waals surface area contributed by atoms with Gasteiger partial charge in [-0.3, -0.25) is 4.79 Å². The minimum absolute atomic E-state index is 0.0210. The summed E-state index contributed by atoms with van der Waals surface area (Å²) < 4.78 is 0. The Hall–Kier alpha value is -2.09. The van der Waals surface area contributed by atoms with Crippen molar-refractivity contribution in [3.63, 3.8) is 0 Å². The lowest BCUT2D eigenvalue weighted by Gasteiger charge is -2.16. The predicted molar refractivity (Wildman–Crippen MR) is 68.3 cm³/mol. The lowest BCUT2D eigenvalue weighted by atomic mass is 10.3. The zero-order valence-electron chi connectivity index (χ0n) is 9.40. The van der Waals surface area contributed by atoms with E-state index in [2.05, 4.69) is 25.6 Å². The minimum Gasteiger partial charge on any atom is -0.382 e. The first-order valence-electron chi connectivity index (χ1n) is 5.27. The molecule has 9 heteroatoms. The van der Waals surface area contributed by atoms with Crippen molar-refractivity contribution in [3.05, 3.63) is 10.8 Å². The molecule has 0 radical (unpaired) electrons. The normalized spacial score (nSPS) is 14.6. The monoisotopic (exact) mass is 269 g/mol. The molecule has 0 aliphatic carbocycles. The molecule has 1 aliphatic heterocycles. The van der Waals surface area contributed by atoms with Crippen LogP contribution in [0.25, 0.3) is 0 Å². The molecule has 8 nitrogen and oxygen atoms in total. The average Bonchev–Trinajstić information content (AvgIpc) is 2.35. The quantitative estimate of drug-likeness (QED) is 0.534. The zero-order chi connectivity index (χ0) is 13.1. The molecule has 1 aromatic heterocycles. The molecule has 1 amide bonds. The SMILES string of the molecule is Nc1nc(N)c(C(=O)N=C2NCCCN2)nc1Cl. The third kappa shape index (κ3) is 2.59. The number of halogens is 1. The van der Waals surface area contributed by atoms with Crippen molar-refractivity contribution >= 4 is 35.1 Å². The smallest absolute Gasteiger partial charge is 0.302 e. The molecule has 96 valence electrons. The number of carbonyl (C=O) groups excluding carboxylic acids is 1. The summed E-state index contributed by atoms with van der Waals surface area (Å²) in [7, 11) is 0. The van der Waals surface area contributed by atoms with Crippen LogP contribution in [-0.4, -0.2) is 34.9 Å². The Morgan fingerprint density at radius 1 is 1.22 bits per heavy atom. The van der Waals surface area contributed by atoms with Crippen LogP contribution in [0.5, 0.6) is 0 Å². The third-order valence-corrected chi connectivity index (χ3v) is 2.54. The van der Waals surface area contributed by atoms with Crippen LogP contribution in [0.1, 0.15) is 16.9 Å². The minimum atomic E-state index is -0.626. The number of hydrogen-bond donors (Lipinski definition) is 4. The molecular formula is C9H12ClN7O. The Bertz CT molecular complexity index is 508. The molecule has 1 fully saturated rings. The van der Waals surface area contributed by atoms with Gasteiger partial charge in [-0.05, 0) is 6.42 Å². The van der Waals surface area contributed by atoms with Gasteiger partial charge in [-0.2, -0.15) is 4.99 Å². The van der Waals surface area contributed by atoms with Gasteiger partial charge in [0.2, 0.25) is 0 Å². The third-order valence-electron chi connectivity index (χ3n) is 2.26. The maximum absolute atomic E-state index is 11.8. The van der Waals surface area contributed by atoms with Gasteiger partial charge in [0, 0.05) is 13.1 Å². The molecule has 0 atom stereocenters. The van der Waals surface area contributed by atoms with Crippen molar-refractivity contribution in [2.24, 2.45) is 4.99 Å². The number of guanidine groups is 1. The Morgan fingerprint density at radius 2 is 1.89 bits per heavy atom. The van der Waals surface area contributed by atoms with Gasteiger partial charge in [0.25, 0.3) is 0 Å². The van der Waals surface area contributed by atoms with Crippen LogP contribution < -0.4 is 22.1 Å². The highest BCUT2D eigenvalue weighted by atomic mass is 35.5. The number of hydrogen-bond acceptors (Lipinski definition) is 5. The van der Waals surface area contributed by atoms with Crippen LogP contribution in [0.15, 0.2) is 4.99 Å². The highest BCUT2D eigenvalue weighted by molar-refractivity contribution is 6.31. The summed E-state index contributed by atoms with van der Waals surface area (Å²) in [5, 5.41) is 5.80. The molecule has 1 aliphatic rings. The van der Waals surface area contributed by atoms with Gasteiger partial charge in [0.15, 0.2) is 28.4 Å². The highest BCUT2D eigenvalue weighted by Gasteiger charge is 2.16. The highest BCUT2D eigenvalue weighted by Crippen LogP contribution is 2.17. The fraction of sp³-hybridized carbons (Fsp3) is 0.333. The molecule has 0 bridgehead atoms. The van der Waals surface area contributed by atoms with Crippen molar-refractivity contribution in [1.29, 1.82) is 0 Å². The number of nitrogen functional groups attached to an aromatic ring is 2. The van der Waals surface area contributed by atoms with E-state index in [0.717, 1.165) is 19.5 Å². The maximum atomic E-state index is 11.8. The van der Waals surface area contributed by atoms with Crippen LogP contribution in [0.4, 0.5) is 11.6 Å². The van der Waals surface area contributed by atoms with Crippen LogP contribution in [0.2, 0.25) is 5.15 Å². The van der Waals surface area contributed by atoms with Gasteiger partial charge in [0.05, 0.1) is 0 Å². The van der Waals surface area contributed by atoms with Gasteiger partial charge in [-0.15, -0.1) is 0 Å². The number of nitrogens with zero attached hydrogens (tertiary/aromatic N) is 3. The number of aromatic nitrogens is 2. The van der Waals surface area contributed by atoms with Crippen molar-refractivity contribution in [2.45, 2.75) is 6.42 Å². The Balaban J connectivity index is 2.26. The summed E-state index contributed by atoms with van der Waals surface area (Å²) in [6, 6.07) is 0. The summed E-state index contributed by atoms with van der Waals surface area (Å²) in [5.74, 6) is -0.353. The first-order chi connectivity index (χ1) is 8.58. The molecule has 6 N–H and O–H groups in total. The molecule has 1 saturated heterocycles. The van der Waals surface area contributed by atoms with Crippen molar-refractivity contribution in [2.75, 3.05) is 24.6 Å². The van der Waals surface area contributed by atoms with Gasteiger partial charge < -0.3 is 22.1 Å². The van der Waals surface area contributed by atoms with Crippen LogP contribution in [0, 0.1) is 0 Å². The molecule has 2 rings (SSSR count). The standard InChI is InChI=1S/C9H12ClN7O/c10-5-7(12)16-6(11)4(15-5)8(18)17-9-13-2-1-3-14-9/h1-3H2,(H4,11,12,16)(H2,13,14,17,18). The maximum Gasteiger partial charge on any atom is 0.302 e. The Labute approximate surface area is 108 Å². The van der Waals surface area contributed by atoms with Crippen LogP contribution in [0.3, 0.4) is 0 Å². The summed E-state index contributed by atoms with van der Waals surface area (Å²) >= 11 is 5.69. The van der Waals surface area contributed by atoms with Crippen molar-refractivity contribution in [3.8, 4) is 0 Å². The first-order valence-corrected chi connectivity index (χ1v) is 5.65. The van der Waals surface area contributed by atoms with Gasteiger partial charge in [0.1, 0.15) is 0 Å². The number of carbonyl (C=O) groups is 1. The Morgan fingerprint density at radius 3 is 2.56 bits per heavy atom. The lowest BCUT2D eigenvalue weighted by Crippen LogP contribution is -2.44. The molecule has 0 saturated carbocycles. The molecule has 18 heavy (non-hydrogen) atoms. The summed E-state index contributed by atoms with van der Waals surface area (Å²) in [4.78, 5) is 23.2. The summed E-state index contributed by atoms with van der Waals surface area (Å²) in [5.41, 5.74) is 10.9. The van der Waals surface area contributed by atoms with E-state index in [9.17, 15) is 4.79 Å². The molecule has 2 heterocycles. The van der Waals surface area contributed by atoms with Crippen molar-refractivity contribution in [1.82, 2.24) is 20.6 Å². The molecule has 0 unspecified atom stereocenters. The van der Waals surface area contributed by atoms with Gasteiger partial charge in [-0.25, -0.2) is 9.97 Å². The van der Waals surface area contributed by atoms with E-state index >= 15 is 0 Å². The number of rotatable bonds is 1. The van der Waals surface area contributed by atoms with Gasteiger partial charge >= 0.3 is 5.91 Å². The fourth-order valence-corrected chi connectivity index (χ4v) is 1.52. The second-order valence-electron chi connectivity index (χ2n) is 3.61. The summed E-state index contributed by atoms with van der Waals surface area (Å²) in [6.45, 7) is 1.51. The predicted octanol–water partition coefficient (Wildman–Crippen LogP) is -0.627. The number of aliphatic imine (C=N–C) groups is 1. The van der Waals surface area contributed by atoms with E-state index in [1.165, 1.54) is 0 Å². The number of nitrogens with one attached hydrogen (secondary N) is 2. The lowest BCUT2D eigenvalue weighted by molar-refractivity contribution is 0.0998. The molecule has 0 spiro atoms. The molecule has 1 aromatic rings. The number of anilines is 2. The second kappa shape index (κ2) is 5.05. The Kier molecular flexibility index (Phi) is 3.47. The van der Waals surface area contributed by atoms with E-state index in [-0.39, 0.29) is 22.5 Å². The van der Waals surface area contributed by atoms with Gasteiger partial charge in [-0.1, -0.05) is 11.6 Å². The first kappa shape index (κ1) is 12.4. The van der Waals surface area contributed by atoms with E-state index in [4.69, 9.17) is 23.1 Å². The number of amides is 1. The summed E-state index contributed by atoms with van der Waals surface area (Å²) in [6.07, 6.45) is 0.961. The molecular weight excluding hydrogens is 258 g/mol. The second-order valence-corrected chi connectivity index (χ2v) is 3.96. The van der Waals surface area contributed by atoms with E-state index in [0.29, 0.717) is 5.96 Å². The topological polar surface area (TPSA) is 131 Å². The largest absolute Gasteiger partial charge is 0.382 e. The van der Waals surface area contributed by atoms with E-state index in [1.54, 1.807) is 0 Å². The van der Waals surface area contributed by atoms with Crippen LogP contribution in [-0.2, 0) is 0 Å². The van der Waals surface area contributed by atoms with E-state index < -0.39 is 5.91 Å². The molecule has 0 aromatic carbocycles. The number of nitrogens with two attached hydrogens (primary N) is 2. The fourth-order valence-electron chi connectivity index (χ4n) is 1.40. The van der Waals surface area contributed by atoms with Crippen LogP contribution >= 0.6 is 11.6 Å².